The molecular weight excluding hydrogens is 509 g/mol. The summed E-state index contributed by atoms with van der Waals surface area (Å²) in [6, 6.07) is 7.03. The van der Waals surface area contributed by atoms with Crippen LogP contribution in [0.4, 0.5) is 4.39 Å². The first-order valence-corrected chi connectivity index (χ1v) is 13.3. The average molecular weight is 538 g/mol. The summed E-state index contributed by atoms with van der Waals surface area (Å²) in [5.41, 5.74) is -0.770. The normalized spacial score (nSPS) is 22.6. The van der Waals surface area contributed by atoms with Crippen LogP contribution in [0.1, 0.15) is 69.3 Å². The molecule has 2 atom stereocenters. The predicted molar refractivity (Wildman–Crippen MR) is 137 cm³/mol. The maximum Gasteiger partial charge on any atom is 0.317 e. The minimum atomic E-state index is -0.984. The van der Waals surface area contributed by atoms with Crippen LogP contribution in [0.25, 0.3) is 5.78 Å². The van der Waals surface area contributed by atoms with Crippen LogP contribution in [0.5, 0.6) is 0 Å². The topological polar surface area (TPSA) is 110 Å². The van der Waals surface area contributed by atoms with Gasteiger partial charge in [0.05, 0.1) is 28.9 Å². The summed E-state index contributed by atoms with van der Waals surface area (Å²) in [5.74, 6) is -1.43. The van der Waals surface area contributed by atoms with Crippen molar-refractivity contribution < 1.29 is 18.7 Å². The first-order chi connectivity index (χ1) is 18.1. The number of carbonyl (C=O) groups excluding carboxylic acids is 2. The van der Waals surface area contributed by atoms with Crippen molar-refractivity contribution in [1.82, 2.24) is 19.6 Å². The van der Waals surface area contributed by atoms with Gasteiger partial charge in [-0.2, -0.15) is 10.2 Å². The van der Waals surface area contributed by atoms with Gasteiger partial charge in [-0.15, -0.1) is 5.10 Å². The number of aromatic nitrogens is 4. The van der Waals surface area contributed by atoms with Crippen LogP contribution in [0.15, 0.2) is 30.6 Å². The van der Waals surface area contributed by atoms with Gasteiger partial charge in [-0.25, -0.2) is 13.9 Å². The molecule has 8 nitrogen and oxygen atoms in total. The lowest BCUT2D eigenvalue weighted by atomic mass is 9.73. The van der Waals surface area contributed by atoms with Gasteiger partial charge in [-0.05, 0) is 57.1 Å². The van der Waals surface area contributed by atoms with Gasteiger partial charge in [0, 0.05) is 18.4 Å². The number of ketones is 1. The van der Waals surface area contributed by atoms with E-state index in [2.05, 4.69) is 21.1 Å². The largest absolute Gasteiger partial charge is 0.458 e. The van der Waals surface area contributed by atoms with Gasteiger partial charge in [-0.3, -0.25) is 9.59 Å². The van der Waals surface area contributed by atoms with Crippen LogP contribution in [0, 0.1) is 29.0 Å². The summed E-state index contributed by atoms with van der Waals surface area (Å²) >= 11 is 5.96. The van der Waals surface area contributed by atoms with Crippen molar-refractivity contribution in [3.63, 3.8) is 0 Å². The Labute approximate surface area is 225 Å². The van der Waals surface area contributed by atoms with Crippen molar-refractivity contribution in [2.24, 2.45) is 11.8 Å². The molecule has 0 amide bonds. The second-order valence-corrected chi connectivity index (χ2v) is 11.4. The highest BCUT2D eigenvalue weighted by molar-refractivity contribution is 6.30. The van der Waals surface area contributed by atoms with E-state index in [1.807, 2.05) is 6.07 Å². The Morgan fingerprint density at radius 2 is 2.05 bits per heavy atom. The summed E-state index contributed by atoms with van der Waals surface area (Å²) in [5, 5.41) is 14.1. The number of nitrogens with zero attached hydrogens (tertiary/aromatic N) is 5. The summed E-state index contributed by atoms with van der Waals surface area (Å²) in [6.07, 6.45) is 7.85. The molecule has 2 aliphatic rings. The Hall–Kier alpha value is -3.38. The molecule has 2 aromatic heterocycles. The quantitative estimate of drug-likeness (QED) is 0.309. The van der Waals surface area contributed by atoms with Crippen LogP contribution in [-0.2, 0) is 32.6 Å². The number of Topliss-reactive ketones (excluding diaryl/α,β-unsaturated/α-hetero) is 1. The van der Waals surface area contributed by atoms with E-state index in [1.54, 1.807) is 26.1 Å². The molecule has 0 radical (unpaired) electrons. The number of ether oxygens (including phenoxy) is 1. The molecule has 38 heavy (non-hydrogen) atoms. The Kier molecular flexibility index (Phi) is 6.95. The number of carbonyl (C=O) groups is 2. The first-order valence-electron chi connectivity index (χ1n) is 12.9. The number of hydrogen-bond donors (Lipinski definition) is 0. The van der Waals surface area contributed by atoms with Crippen LogP contribution in [0.3, 0.4) is 0 Å². The van der Waals surface area contributed by atoms with Crippen molar-refractivity contribution in [3.8, 4) is 6.07 Å². The molecule has 1 aliphatic carbocycles. The van der Waals surface area contributed by atoms with Crippen LogP contribution < -0.4 is 0 Å². The fourth-order valence-electron chi connectivity index (χ4n) is 5.79. The van der Waals surface area contributed by atoms with Crippen molar-refractivity contribution in [2.75, 3.05) is 0 Å². The van der Waals surface area contributed by atoms with E-state index in [-0.39, 0.29) is 24.5 Å². The van der Waals surface area contributed by atoms with Crippen molar-refractivity contribution in [3.05, 3.63) is 58.4 Å². The molecule has 2 fully saturated rings. The molecule has 1 saturated heterocycles. The summed E-state index contributed by atoms with van der Waals surface area (Å²) < 4.78 is 22.4. The van der Waals surface area contributed by atoms with Crippen LogP contribution >= 0.6 is 11.6 Å². The average Bonchev–Trinajstić information content (AvgIpc) is 3.55. The number of aryl methyl sites for hydroxylation is 1. The minimum Gasteiger partial charge on any atom is -0.458 e. The number of halogens is 2. The molecule has 1 aliphatic heterocycles. The van der Waals surface area contributed by atoms with Crippen molar-refractivity contribution in [1.29, 1.82) is 5.26 Å². The molecule has 5 rings (SSSR count). The highest BCUT2D eigenvalue weighted by atomic mass is 35.5. The molecule has 10 heteroatoms. The van der Waals surface area contributed by atoms with E-state index in [4.69, 9.17) is 16.3 Å². The third-order valence-corrected chi connectivity index (χ3v) is 8.16. The standard InChI is InChI=1S/C28H29ClFN5O3/c1-27(2,16-31)21-8-7-17(11-22(21)30)9-10-28(18-5-3-4-6-18)13-23(36)20(25(37)38-28)12-24-33-26-32-14-19(29)15-35(26)34-24/h7-8,11,14-15,18,20H,3-6,9-10,12-13H2,1-2H3. The van der Waals surface area contributed by atoms with E-state index in [0.29, 0.717) is 35.0 Å². The minimum absolute atomic E-state index is 0.0285. The second kappa shape index (κ2) is 10.1. The zero-order valence-corrected chi connectivity index (χ0v) is 22.2. The van der Waals surface area contributed by atoms with Crippen molar-refractivity contribution in [2.45, 2.75) is 76.2 Å². The summed E-state index contributed by atoms with van der Waals surface area (Å²) in [4.78, 5) is 35.1. The Balaban J connectivity index is 1.34. The van der Waals surface area contributed by atoms with E-state index in [1.165, 1.54) is 16.8 Å². The van der Waals surface area contributed by atoms with Gasteiger partial charge in [0.2, 0.25) is 0 Å². The number of esters is 1. The predicted octanol–water partition coefficient (Wildman–Crippen LogP) is 4.95. The van der Waals surface area contributed by atoms with Gasteiger partial charge in [-0.1, -0.05) is 36.6 Å². The molecule has 3 heterocycles. The van der Waals surface area contributed by atoms with E-state index < -0.39 is 28.7 Å². The molecule has 2 unspecified atom stereocenters. The fourth-order valence-corrected chi connectivity index (χ4v) is 5.93. The van der Waals surface area contributed by atoms with Gasteiger partial charge in [0.25, 0.3) is 5.78 Å². The lowest BCUT2D eigenvalue weighted by Gasteiger charge is -2.43. The lowest BCUT2D eigenvalue weighted by Crippen LogP contribution is -2.52. The van der Waals surface area contributed by atoms with Crippen molar-refractivity contribution >= 4 is 29.1 Å². The highest BCUT2D eigenvalue weighted by Gasteiger charge is 2.51. The monoisotopic (exact) mass is 537 g/mol. The molecule has 1 aromatic carbocycles. The third-order valence-electron chi connectivity index (χ3n) is 7.97. The Morgan fingerprint density at radius 1 is 1.29 bits per heavy atom. The number of benzene rings is 1. The Morgan fingerprint density at radius 3 is 2.74 bits per heavy atom. The molecule has 198 valence electrons. The van der Waals surface area contributed by atoms with Gasteiger partial charge >= 0.3 is 5.97 Å². The third kappa shape index (κ3) is 5.02. The number of hydrogen-bond acceptors (Lipinski definition) is 7. The zero-order chi connectivity index (χ0) is 27.1. The molecule has 0 spiro atoms. The second-order valence-electron chi connectivity index (χ2n) is 11.0. The Bertz CT molecular complexity index is 1420. The van der Waals surface area contributed by atoms with E-state index >= 15 is 0 Å². The summed E-state index contributed by atoms with van der Waals surface area (Å²) in [6.45, 7) is 3.36. The van der Waals surface area contributed by atoms with E-state index in [0.717, 1.165) is 31.2 Å². The SMILES string of the molecule is CC(C)(C#N)c1ccc(CCC2(C3CCCC3)CC(=O)C(Cc3nc4ncc(Cl)cn4n3)C(=O)O2)cc1F. The van der Waals surface area contributed by atoms with Gasteiger partial charge < -0.3 is 4.74 Å². The molecule has 0 N–H and O–H groups in total. The maximum absolute atomic E-state index is 14.9. The molecule has 1 saturated carbocycles. The van der Waals surface area contributed by atoms with Gasteiger partial charge in [0.15, 0.2) is 11.6 Å². The number of cyclic esters (lactones) is 1. The maximum atomic E-state index is 14.9. The molecular formula is C28H29ClFN5O3. The summed E-state index contributed by atoms with van der Waals surface area (Å²) in [7, 11) is 0. The molecule has 3 aromatic rings. The number of rotatable bonds is 7. The zero-order valence-electron chi connectivity index (χ0n) is 21.4. The number of nitriles is 1. The van der Waals surface area contributed by atoms with Crippen LogP contribution in [-0.4, -0.2) is 36.9 Å². The highest BCUT2D eigenvalue weighted by Crippen LogP contribution is 2.45. The first kappa shape index (κ1) is 26.2. The van der Waals surface area contributed by atoms with Crippen LogP contribution in [0.2, 0.25) is 5.02 Å². The van der Waals surface area contributed by atoms with Gasteiger partial charge in [0.1, 0.15) is 17.3 Å². The smallest absolute Gasteiger partial charge is 0.317 e. The molecule has 0 bridgehead atoms. The van der Waals surface area contributed by atoms with E-state index in [9.17, 15) is 19.2 Å². The number of fused-ring (bicyclic) bond motifs is 1. The lowest BCUT2D eigenvalue weighted by molar-refractivity contribution is -0.185. The fraction of sp³-hybridized carbons (Fsp3) is 0.500.